The number of halogens is 2. The van der Waals surface area contributed by atoms with Gasteiger partial charge in [0.1, 0.15) is 16.1 Å². The Morgan fingerprint density at radius 1 is 1.22 bits per heavy atom. The molecule has 0 fully saturated rings. The predicted octanol–water partition coefficient (Wildman–Crippen LogP) is 2.82. The molecule has 0 unspecified atom stereocenters. The summed E-state index contributed by atoms with van der Waals surface area (Å²) >= 11 is 12.2. The van der Waals surface area contributed by atoms with Gasteiger partial charge in [0.2, 0.25) is 6.79 Å². The highest BCUT2D eigenvalue weighted by Gasteiger charge is 2.17. The molecule has 0 N–H and O–H groups in total. The molecule has 8 heteroatoms. The van der Waals surface area contributed by atoms with Crippen LogP contribution in [-0.4, -0.2) is 29.8 Å². The van der Waals surface area contributed by atoms with E-state index in [0.29, 0.717) is 29.3 Å². The lowest BCUT2D eigenvalue weighted by atomic mass is 10.1. The number of carbonyl (C=O) groups is 1. The lowest BCUT2D eigenvalue weighted by Gasteiger charge is -2.08. The van der Waals surface area contributed by atoms with Gasteiger partial charge in [-0.05, 0) is 17.7 Å². The Kier molecular flexibility index (Phi) is 4.54. The van der Waals surface area contributed by atoms with E-state index < -0.39 is 5.97 Å². The number of hydrogen-bond donors (Lipinski definition) is 0. The molecule has 0 bridgehead atoms. The summed E-state index contributed by atoms with van der Waals surface area (Å²) in [4.78, 5) is 19.7. The van der Waals surface area contributed by atoms with Gasteiger partial charge in [0.05, 0.1) is 13.5 Å². The Hall–Kier alpha value is -2.05. The fraction of sp³-hybridized carbons (Fsp3) is 0.267. The molecular formula is C15H12Cl2N2O4. The van der Waals surface area contributed by atoms with Crippen molar-refractivity contribution in [3.63, 3.8) is 0 Å². The second-order valence-corrected chi connectivity index (χ2v) is 5.53. The monoisotopic (exact) mass is 354 g/mol. The third-order valence-electron chi connectivity index (χ3n) is 3.30. The molecule has 0 amide bonds. The Labute approximate surface area is 142 Å². The molecule has 2 aromatic rings. The van der Waals surface area contributed by atoms with E-state index in [4.69, 9.17) is 32.7 Å². The number of ether oxygens (including phenoxy) is 3. The van der Waals surface area contributed by atoms with Crippen LogP contribution in [0.1, 0.15) is 17.0 Å². The molecule has 6 nitrogen and oxygen atoms in total. The molecule has 3 rings (SSSR count). The first-order valence-electron chi connectivity index (χ1n) is 6.73. The maximum atomic E-state index is 11.3. The molecule has 1 aromatic carbocycles. The van der Waals surface area contributed by atoms with Gasteiger partial charge in [-0.2, -0.15) is 0 Å². The zero-order valence-electron chi connectivity index (χ0n) is 12.1. The molecule has 0 spiro atoms. The van der Waals surface area contributed by atoms with E-state index in [-0.39, 0.29) is 23.5 Å². The van der Waals surface area contributed by atoms with Gasteiger partial charge in [0.25, 0.3) is 0 Å². The van der Waals surface area contributed by atoms with Crippen LogP contribution < -0.4 is 9.47 Å². The van der Waals surface area contributed by atoms with E-state index in [1.165, 1.54) is 7.11 Å². The zero-order chi connectivity index (χ0) is 16.4. The van der Waals surface area contributed by atoms with Crippen LogP contribution in [-0.2, 0) is 22.4 Å². The summed E-state index contributed by atoms with van der Waals surface area (Å²) in [6.07, 6.45) is 0.354. The summed E-state index contributed by atoms with van der Waals surface area (Å²) < 4.78 is 15.2. The number of carbonyl (C=O) groups excluding carboxylic acids is 1. The molecule has 1 aliphatic rings. The minimum atomic E-state index is -0.457. The van der Waals surface area contributed by atoms with Crippen molar-refractivity contribution in [1.29, 1.82) is 0 Å². The van der Waals surface area contributed by atoms with Gasteiger partial charge < -0.3 is 14.2 Å². The van der Waals surface area contributed by atoms with Gasteiger partial charge in [-0.15, -0.1) is 0 Å². The number of nitrogens with zero attached hydrogens (tertiary/aromatic N) is 2. The van der Waals surface area contributed by atoms with Crippen molar-refractivity contribution in [2.75, 3.05) is 13.9 Å². The first-order chi connectivity index (χ1) is 11.1. The smallest absolute Gasteiger partial charge is 0.310 e. The van der Waals surface area contributed by atoms with Crippen molar-refractivity contribution < 1.29 is 19.0 Å². The predicted molar refractivity (Wildman–Crippen MR) is 83.1 cm³/mol. The maximum absolute atomic E-state index is 11.3. The molecular weight excluding hydrogens is 343 g/mol. The van der Waals surface area contributed by atoms with E-state index in [0.717, 1.165) is 5.56 Å². The Bertz CT molecular complexity index is 744. The Balaban J connectivity index is 1.82. The molecule has 0 radical (unpaired) electrons. The highest BCUT2D eigenvalue weighted by molar-refractivity contribution is 6.34. The maximum Gasteiger partial charge on any atom is 0.310 e. The number of hydrogen-bond acceptors (Lipinski definition) is 6. The normalized spacial score (nSPS) is 12.3. The molecule has 1 aliphatic heterocycles. The summed E-state index contributed by atoms with van der Waals surface area (Å²) in [6.45, 7) is 0.217. The van der Waals surface area contributed by atoms with Crippen LogP contribution in [0, 0.1) is 0 Å². The van der Waals surface area contributed by atoms with Crippen molar-refractivity contribution in [3.8, 4) is 11.5 Å². The summed E-state index contributed by atoms with van der Waals surface area (Å²) in [5.41, 5.74) is 1.29. The molecule has 0 saturated heterocycles. The van der Waals surface area contributed by atoms with Crippen molar-refractivity contribution in [1.82, 2.24) is 9.97 Å². The number of esters is 1. The van der Waals surface area contributed by atoms with Gasteiger partial charge in [-0.25, -0.2) is 9.97 Å². The summed E-state index contributed by atoms with van der Waals surface area (Å²) in [5, 5.41) is 0.289. The van der Waals surface area contributed by atoms with Crippen molar-refractivity contribution >= 4 is 29.2 Å². The molecule has 23 heavy (non-hydrogen) atoms. The van der Waals surface area contributed by atoms with E-state index in [1.807, 2.05) is 18.2 Å². The number of aromatic nitrogens is 2. The fourth-order valence-electron chi connectivity index (χ4n) is 2.15. The minimum absolute atomic E-state index is 0.0710. The van der Waals surface area contributed by atoms with Crippen LogP contribution in [0.2, 0.25) is 10.3 Å². The summed E-state index contributed by atoms with van der Waals surface area (Å²) in [7, 11) is 1.29. The van der Waals surface area contributed by atoms with Crippen molar-refractivity contribution in [2.24, 2.45) is 0 Å². The molecule has 0 atom stereocenters. The van der Waals surface area contributed by atoms with E-state index in [9.17, 15) is 4.79 Å². The van der Waals surface area contributed by atoms with E-state index in [2.05, 4.69) is 14.7 Å². The number of benzene rings is 1. The topological polar surface area (TPSA) is 70.5 Å². The fourth-order valence-corrected chi connectivity index (χ4v) is 2.70. The molecule has 0 saturated carbocycles. The summed E-state index contributed by atoms with van der Waals surface area (Å²) in [5.74, 6) is 1.38. The highest BCUT2D eigenvalue weighted by atomic mass is 35.5. The van der Waals surface area contributed by atoms with Crippen LogP contribution in [0.3, 0.4) is 0 Å². The standard InChI is InChI=1S/C15H12Cl2N2O4/c1-21-13(20)6-9-14(16)18-12(19-15(9)17)5-8-2-3-10-11(4-8)23-7-22-10/h2-4H,5-7H2,1H3. The highest BCUT2D eigenvalue weighted by Crippen LogP contribution is 2.33. The average molecular weight is 355 g/mol. The summed E-state index contributed by atoms with van der Waals surface area (Å²) in [6, 6.07) is 5.57. The molecule has 120 valence electrons. The number of rotatable bonds is 4. The SMILES string of the molecule is COC(=O)Cc1c(Cl)nc(Cc2ccc3c(c2)OCO3)nc1Cl. The van der Waals surface area contributed by atoms with Gasteiger partial charge in [-0.3, -0.25) is 4.79 Å². The molecule has 1 aromatic heterocycles. The Morgan fingerprint density at radius 2 is 1.91 bits per heavy atom. The number of fused-ring (bicyclic) bond motifs is 1. The minimum Gasteiger partial charge on any atom is -0.469 e. The van der Waals surface area contributed by atoms with Gasteiger partial charge >= 0.3 is 5.97 Å². The lowest BCUT2D eigenvalue weighted by Crippen LogP contribution is -2.09. The first-order valence-corrected chi connectivity index (χ1v) is 7.48. The lowest BCUT2D eigenvalue weighted by molar-refractivity contribution is -0.139. The third-order valence-corrected chi connectivity index (χ3v) is 3.93. The number of methoxy groups -OCH3 is 1. The molecule has 2 heterocycles. The van der Waals surface area contributed by atoms with Gasteiger partial charge in [-0.1, -0.05) is 29.3 Å². The third kappa shape index (κ3) is 3.48. The first kappa shape index (κ1) is 15.8. The molecule has 0 aliphatic carbocycles. The van der Waals surface area contributed by atoms with Crippen LogP contribution >= 0.6 is 23.2 Å². The van der Waals surface area contributed by atoms with Gasteiger partial charge in [0.15, 0.2) is 11.5 Å². The van der Waals surface area contributed by atoms with Crippen LogP contribution in [0.5, 0.6) is 11.5 Å². The van der Waals surface area contributed by atoms with Crippen LogP contribution in [0.4, 0.5) is 0 Å². The average Bonchev–Trinajstić information content (AvgIpc) is 2.98. The van der Waals surface area contributed by atoms with Crippen LogP contribution in [0.15, 0.2) is 18.2 Å². The Morgan fingerprint density at radius 3 is 2.61 bits per heavy atom. The quantitative estimate of drug-likeness (QED) is 0.621. The van der Waals surface area contributed by atoms with Crippen molar-refractivity contribution in [2.45, 2.75) is 12.8 Å². The zero-order valence-corrected chi connectivity index (χ0v) is 13.6. The van der Waals surface area contributed by atoms with E-state index in [1.54, 1.807) is 0 Å². The largest absolute Gasteiger partial charge is 0.469 e. The van der Waals surface area contributed by atoms with E-state index >= 15 is 0 Å². The second kappa shape index (κ2) is 6.60. The second-order valence-electron chi connectivity index (χ2n) is 4.82. The van der Waals surface area contributed by atoms with Gasteiger partial charge in [0, 0.05) is 12.0 Å². The van der Waals surface area contributed by atoms with Crippen molar-refractivity contribution in [3.05, 3.63) is 45.5 Å². The van der Waals surface area contributed by atoms with Crippen LogP contribution in [0.25, 0.3) is 0 Å².